The van der Waals surface area contributed by atoms with E-state index < -0.39 is 20.7 Å². The average Bonchev–Trinajstić information content (AvgIpc) is 3.15. The number of nitrogens with one attached hydrogen (secondary N) is 1. The molecule has 0 radical (unpaired) electrons. The van der Waals surface area contributed by atoms with E-state index in [1.807, 2.05) is 0 Å². The van der Waals surface area contributed by atoms with Crippen LogP contribution in [0.3, 0.4) is 0 Å². The van der Waals surface area contributed by atoms with Gasteiger partial charge in [-0.3, -0.25) is 4.90 Å². The van der Waals surface area contributed by atoms with Crippen molar-refractivity contribution in [1.29, 1.82) is 0 Å². The third kappa shape index (κ3) is 3.15. The van der Waals surface area contributed by atoms with E-state index in [4.69, 9.17) is 17.3 Å². The molecule has 2 aliphatic rings. The molecule has 1 unspecified atom stereocenters. The number of likely N-dealkylation sites (tertiary alicyclic amines) is 1. The van der Waals surface area contributed by atoms with Crippen molar-refractivity contribution in [2.75, 3.05) is 18.8 Å². The third-order valence-corrected chi connectivity index (χ3v) is 5.66. The van der Waals surface area contributed by atoms with Crippen LogP contribution in [-0.2, 0) is 10.0 Å². The molecular weight excluding hydrogens is 317 g/mol. The van der Waals surface area contributed by atoms with Gasteiger partial charge in [-0.1, -0.05) is 11.6 Å². The van der Waals surface area contributed by atoms with Crippen molar-refractivity contribution in [2.24, 2.45) is 0 Å². The Kier molecular flexibility index (Phi) is 3.85. The largest absolute Gasteiger partial charge is 0.396 e. The Morgan fingerprint density at radius 1 is 1.33 bits per heavy atom. The highest BCUT2D eigenvalue weighted by molar-refractivity contribution is 7.89. The Balaban J connectivity index is 1.78. The minimum Gasteiger partial charge on any atom is -0.396 e. The molecule has 1 saturated heterocycles. The van der Waals surface area contributed by atoms with Crippen LogP contribution in [0.4, 0.5) is 10.1 Å². The van der Waals surface area contributed by atoms with Gasteiger partial charge in [0.05, 0.1) is 5.69 Å². The lowest BCUT2D eigenvalue weighted by molar-refractivity contribution is 0.322. The molecule has 0 amide bonds. The average molecular weight is 334 g/mol. The summed E-state index contributed by atoms with van der Waals surface area (Å²) >= 11 is 5.77. The Labute approximate surface area is 128 Å². The summed E-state index contributed by atoms with van der Waals surface area (Å²) in [6.07, 6.45) is 3.09. The molecule has 1 saturated carbocycles. The predicted molar refractivity (Wildman–Crippen MR) is 79.1 cm³/mol. The zero-order valence-corrected chi connectivity index (χ0v) is 12.9. The number of hydrogen-bond acceptors (Lipinski definition) is 4. The van der Waals surface area contributed by atoms with E-state index in [0.29, 0.717) is 12.6 Å². The number of anilines is 1. The smallest absolute Gasteiger partial charge is 0.243 e. The number of hydrogen-bond donors (Lipinski definition) is 2. The molecule has 5 nitrogen and oxygen atoms in total. The first-order valence-corrected chi connectivity index (χ1v) is 8.74. The van der Waals surface area contributed by atoms with Crippen LogP contribution in [0.2, 0.25) is 5.02 Å². The molecule has 1 heterocycles. The van der Waals surface area contributed by atoms with Gasteiger partial charge < -0.3 is 5.73 Å². The number of rotatable bonds is 4. The summed E-state index contributed by atoms with van der Waals surface area (Å²) in [6, 6.07) is 2.68. The molecule has 3 rings (SSSR count). The Bertz CT molecular complexity index is 664. The van der Waals surface area contributed by atoms with E-state index in [1.54, 1.807) is 0 Å². The molecule has 0 spiro atoms. The van der Waals surface area contributed by atoms with E-state index in [2.05, 4.69) is 9.62 Å². The zero-order chi connectivity index (χ0) is 15.2. The minimum absolute atomic E-state index is 0.0975. The van der Waals surface area contributed by atoms with Gasteiger partial charge in [0.2, 0.25) is 10.0 Å². The number of nitrogen functional groups attached to an aromatic ring is 1. The van der Waals surface area contributed by atoms with E-state index in [1.165, 1.54) is 18.9 Å². The van der Waals surface area contributed by atoms with Crippen molar-refractivity contribution in [1.82, 2.24) is 9.62 Å². The first-order valence-electron chi connectivity index (χ1n) is 6.88. The quantitative estimate of drug-likeness (QED) is 0.820. The maximum absolute atomic E-state index is 14.0. The lowest BCUT2D eigenvalue weighted by atomic mass is 10.3. The molecule has 3 N–H and O–H groups in total. The highest BCUT2D eigenvalue weighted by atomic mass is 35.5. The molecule has 1 aromatic carbocycles. The second-order valence-corrected chi connectivity index (χ2v) is 7.76. The van der Waals surface area contributed by atoms with Crippen molar-refractivity contribution in [3.8, 4) is 0 Å². The fourth-order valence-corrected chi connectivity index (χ4v) is 4.40. The summed E-state index contributed by atoms with van der Waals surface area (Å²) in [5.74, 6) is -0.955. The Morgan fingerprint density at radius 2 is 2.05 bits per heavy atom. The van der Waals surface area contributed by atoms with Crippen LogP contribution >= 0.6 is 11.6 Å². The summed E-state index contributed by atoms with van der Waals surface area (Å²) in [5.41, 5.74) is 5.17. The number of benzene rings is 1. The van der Waals surface area contributed by atoms with E-state index in [-0.39, 0.29) is 16.8 Å². The highest BCUT2D eigenvalue weighted by Crippen LogP contribution is 2.31. The van der Waals surface area contributed by atoms with Crippen LogP contribution in [0.25, 0.3) is 0 Å². The fraction of sp³-hybridized carbons (Fsp3) is 0.538. The van der Waals surface area contributed by atoms with Gasteiger partial charge in [-0.25, -0.2) is 17.5 Å². The molecule has 21 heavy (non-hydrogen) atoms. The second-order valence-electron chi connectivity index (χ2n) is 5.64. The Hall–Kier alpha value is -0.890. The van der Waals surface area contributed by atoms with Crippen LogP contribution in [0.1, 0.15) is 19.3 Å². The van der Waals surface area contributed by atoms with E-state index in [0.717, 1.165) is 19.0 Å². The summed E-state index contributed by atoms with van der Waals surface area (Å²) in [5, 5.41) is 0.0975. The molecule has 116 valence electrons. The van der Waals surface area contributed by atoms with Gasteiger partial charge >= 0.3 is 0 Å². The van der Waals surface area contributed by atoms with Gasteiger partial charge in [0.25, 0.3) is 0 Å². The summed E-state index contributed by atoms with van der Waals surface area (Å²) < 4.78 is 41.2. The van der Waals surface area contributed by atoms with Crippen molar-refractivity contribution >= 4 is 27.3 Å². The van der Waals surface area contributed by atoms with Crippen LogP contribution in [0.5, 0.6) is 0 Å². The molecule has 1 aliphatic heterocycles. The van der Waals surface area contributed by atoms with Gasteiger partial charge in [0.15, 0.2) is 5.82 Å². The van der Waals surface area contributed by atoms with E-state index in [9.17, 15) is 12.8 Å². The van der Waals surface area contributed by atoms with Crippen LogP contribution in [0.15, 0.2) is 17.0 Å². The van der Waals surface area contributed by atoms with Crippen molar-refractivity contribution in [2.45, 2.75) is 36.2 Å². The van der Waals surface area contributed by atoms with Crippen LogP contribution in [-0.4, -0.2) is 38.5 Å². The molecule has 8 heteroatoms. The van der Waals surface area contributed by atoms with E-state index >= 15 is 0 Å². The fourth-order valence-electron chi connectivity index (χ4n) is 2.72. The molecule has 0 aromatic heterocycles. The normalized spacial score (nSPS) is 23.6. The monoisotopic (exact) mass is 333 g/mol. The predicted octanol–water partition coefficient (Wildman–Crippen LogP) is 1.58. The number of nitrogens with two attached hydrogens (primary N) is 1. The molecule has 1 aliphatic carbocycles. The molecule has 0 bridgehead atoms. The van der Waals surface area contributed by atoms with Gasteiger partial charge in [0, 0.05) is 30.2 Å². The lowest BCUT2D eigenvalue weighted by Gasteiger charge is -2.16. The topological polar surface area (TPSA) is 75.4 Å². The van der Waals surface area contributed by atoms with Crippen LogP contribution < -0.4 is 10.5 Å². The van der Waals surface area contributed by atoms with Gasteiger partial charge in [-0.05, 0) is 31.4 Å². The minimum atomic E-state index is -3.96. The second kappa shape index (κ2) is 5.39. The number of sulfonamides is 1. The first-order chi connectivity index (χ1) is 9.87. The summed E-state index contributed by atoms with van der Waals surface area (Å²) in [7, 11) is -3.96. The molecule has 2 fully saturated rings. The Morgan fingerprint density at radius 3 is 2.71 bits per heavy atom. The summed E-state index contributed by atoms with van der Waals surface area (Å²) in [6.45, 7) is 1.54. The van der Waals surface area contributed by atoms with Gasteiger partial charge in [-0.2, -0.15) is 0 Å². The standard InChI is InChI=1S/C13H17ClFN3O2S/c14-8-5-11(16)13(15)12(6-8)21(19,20)17-9-3-4-18(7-9)10-1-2-10/h5-6,9-10,17H,1-4,7,16H2. The highest BCUT2D eigenvalue weighted by Gasteiger charge is 2.36. The third-order valence-electron chi connectivity index (χ3n) is 3.93. The SMILES string of the molecule is Nc1cc(Cl)cc(S(=O)(=O)NC2CCN(C3CC3)C2)c1F. The zero-order valence-electron chi connectivity index (χ0n) is 11.4. The van der Waals surface area contributed by atoms with Crippen molar-refractivity contribution < 1.29 is 12.8 Å². The molecule has 1 atom stereocenters. The van der Waals surface area contributed by atoms with Gasteiger partial charge in [0.1, 0.15) is 4.90 Å². The van der Waals surface area contributed by atoms with Gasteiger partial charge in [-0.15, -0.1) is 0 Å². The van der Waals surface area contributed by atoms with Crippen molar-refractivity contribution in [3.63, 3.8) is 0 Å². The molecule has 1 aromatic rings. The first kappa shape index (κ1) is 15.0. The molecular formula is C13H17ClFN3O2S. The lowest BCUT2D eigenvalue weighted by Crippen LogP contribution is -2.37. The number of halogens is 2. The van der Waals surface area contributed by atoms with Crippen LogP contribution in [0, 0.1) is 5.82 Å². The maximum atomic E-state index is 14.0. The maximum Gasteiger partial charge on any atom is 0.243 e. The number of nitrogens with zero attached hydrogens (tertiary/aromatic N) is 1. The summed E-state index contributed by atoms with van der Waals surface area (Å²) in [4.78, 5) is 1.79. The van der Waals surface area contributed by atoms with Crippen molar-refractivity contribution in [3.05, 3.63) is 23.0 Å².